The Labute approximate surface area is 262 Å². The van der Waals surface area contributed by atoms with E-state index in [4.69, 9.17) is 0 Å². The molecule has 0 bridgehead atoms. The summed E-state index contributed by atoms with van der Waals surface area (Å²) < 4.78 is 88.0. The van der Waals surface area contributed by atoms with Gasteiger partial charge in [-0.1, -0.05) is 48.6 Å². The molecule has 2 aliphatic rings. The minimum atomic E-state index is -1.40. The predicted octanol–water partition coefficient (Wildman–Crippen LogP) is 11.8. The Balaban J connectivity index is 1.05. The van der Waals surface area contributed by atoms with Gasteiger partial charge in [-0.25, -0.2) is 17.6 Å². The molecule has 0 amide bonds. The van der Waals surface area contributed by atoms with Gasteiger partial charge in [0.05, 0.1) is 6.61 Å². The molecule has 5 rings (SSSR count). The van der Waals surface area contributed by atoms with Crippen molar-refractivity contribution in [3.63, 3.8) is 0 Å². The summed E-state index contributed by atoms with van der Waals surface area (Å²) in [5.41, 5.74) is 2.70. The summed E-state index contributed by atoms with van der Waals surface area (Å²) >= 11 is 0. The lowest BCUT2D eigenvalue weighted by Crippen LogP contribution is -2.15. The fourth-order valence-corrected chi connectivity index (χ4v) is 6.84. The second-order valence-corrected chi connectivity index (χ2v) is 12.5. The number of hydrogen-bond donors (Lipinski definition) is 0. The molecule has 3 aromatic rings. The van der Waals surface area contributed by atoms with Crippen LogP contribution in [-0.4, -0.2) is 6.61 Å². The lowest BCUT2D eigenvalue weighted by atomic mass is 9.76. The standard InChI is InChI=1S/C38H40F6O/c1-2-45-38(44)36(42)30-18-15-27(16-19-30)31-20-17-29(33(39)21-31)14-11-25-6-3-24(4-7-25)5-8-26-9-12-28(13-10-26)32-22-34(40)37(43)35(41)23-32/h5,8,15-26,28H,2-4,6-7,9-14H2,1H3. The van der Waals surface area contributed by atoms with E-state index in [0.717, 1.165) is 69.9 Å². The molecule has 0 atom stereocenters. The van der Waals surface area contributed by atoms with E-state index < -0.39 is 29.3 Å². The van der Waals surface area contributed by atoms with E-state index in [2.05, 4.69) is 16.9 Å². The van der Waals surface area contributed by atoms with Gasteiger partial charge in [0.1, 0.15) is 5.82 Å². The van der Waals surface area contributed by atoms with E-state index in [-0.39, 0.29) is 23.9 Å². The first kappa shape index (κ1) is 32.9. The zero-order valence-electron chi connectivity index (χ0n) is 25.6. The van der Waals surface area contributed by atoms with E-state index in [0.29, 0.717) is 46.4 Å². The third-order valence-corrected chi connectivity index (χ3v) is 9.59. The Hall–Kier alpha value is -3.48. The van der Waals surface area contributed by atoms with Crippen molar-refractivity contribution in [3.8, 4) is 11.1 Å². The Kier molecular flexibility index (Phi) is 11.1. The van der Waals surface area contributed by atoms with Crippen LogP contribution in [0.15, 0.2) is 72.8 Å². The molecule has 0 heterocycles. The molecule has 2 saturated carbocycles. The van der Waals surface area contributed by atoms with Gasteiger partial charge < -0.3 is 4.74 Å². The van der Waals surface area contributed by atoms with Crippen molar-refractivity contribution in [2.75, 3.05) is 6.61 Å². The fraction of sp³-hybridized carbons (Fsp3) is 0.421. The molecule has 45 heavy (non-hydrogen) atoms. The second-order valence-electron chi connectivity index (χ2n) is 12.5. The monoisotopic (exact) mass is 626 g/mol. The molecule has 0 aromatic heterocycles. The van der Waals surface area contributed by atoms with Crippen LogP contribution in [-0.2, 0) is 11.2 Å². The molecule has 7 heteroatoms. The Bertz CT molecular complexity index is 1470. The highest BCUT2D eigenvalue weighted by molar-refractivity contribution is 5.68. The van der Waals surface area contributed by atoms with Crippen LogP contribution in [0.2, 0.25) is 0 Å². The van der Waals surface area contributed by atoms with Crippen molar-refractivity contribution in [2.24, 2.45) is 17.8 Å². The molecule has 0 radical (unpaired) electrons. The number of allylic oxidation sites excluding steroid dienone is 2. The van der Waals surface area contributed by atoms with Gasteiger partial charge in [-0.2, -0.15) is 8.78 Å². The Morgan fingerprint density at radius 2 is 1.29 bits per heavy atom. The second kappa shape index (κ2) is 15.2. The summed E-state index contributed by atoms with van der Waals surface area (Å²) in [7, 11) is 0. The van der Waals surface area contributed by atoms with Crippen molar-refractivity contribution in [3.05, 3.63) is 113 Å². The average Bonchev–Trinajstić information content (AvgIpc) is 3.06. The summed E-state index contributed by atoms with van der Waals surface area (Å²) in [6.07, 6.45) is 14.3. The number of rotatable bonds is 10. The van der Waals surface area contributed by atoms with Gasteiger partial charge in [-0.3, -0.25) is 0 Å². The maximum atomic E-state index is 15.0. The number of aryl methyl sites for hydroxylation is 1. The van der Waals surface area contributed by atoms with Crippen molar-refractivity contribution in [1.29, 1.82) is 0 Å². The summed E-state index contributed by atoms with van der Waals surface area (Å²) in [5.74, 6) is -3.33. The Morgan fingerprint density at radius 1 is 0.711 bits per heavy atom. The first-order valence-electron chi connectivity index (χ1n) is 16.1. The molecule has 0 saturated heterocycles. The number of halogens is 6. The van der Waals surface area contributed by atoms with Crippen molar-refractivity contribution >= 4 is 5.83 Å². The smallest absolute Gasteiger partial charge is 0.309 e. The van der Waals surface area contributed by atoms with Crippen LogP contribution in [0.5, 0.6) is 0 Å². The Morgan fingerprint density at radius 3 is 1.87 bits per heavy atom. The third kappa shape index (κ3) is 8.42. The van der Waals surface area contributed by atoms with Gasteiger partial charge in [-0.05, 0) is 135 Å². The minimum Gasteiger partial charge on any atom is -0.469 e. The summed E-state index contributed by atoms with van der Waals surface area (Å²) in [6, 6.07) is 12.4. The van der Waals surface area contributed by atoms with Crippen LogP contribution < -0.4 is 0 Å². The summed E-state index contributed by atoms with van der Waals surface area (Å²) in [6.45, 7) is 1.61. The molecule has 240 valence electrons. The number of hydrogen-bond acceptors (Lipinski definition) is 1. The highest BCUT2D eigenvalue weighted by Gasteiger charge is 2.25. The van der Waals surface area contributed by atoms with Crippen LogP contribution >= 0.6 is 0 Å². The minimum absolute atomic E-state index is 0.0311. The molecule has 0 spiro atoms. The highest BCUT2D eigenvalue weighted by atomic mass is 19.2. The lowest BCUT2D eigenvalue weighted by molar-refractivity contribution is 0.156. The summed E-state index contributed by atoms with van der Waals surface area (Å²) in [4.78, 5) is 0. The van der Waals surface area contributed by atoms with Gasteiger partial charge in [0, 0.05) is 5.56 Å². The van der Waals surface area contributed by atoms with E-state index >= 15 is 4.39 Å². The van der Waals surface area contributed by atoms with Crippen LogP contribution in [0, 0.1) is 41.0 Å². The fourth-order valence-electron chi connectivity index (χ4n) is 6.84. The molecular formula is C38H40F6O. The van der Waals surface area contributed by atoms with E-state index in [9.17, 15) is 22.0 Å². The SMILES string of the molecule is CCOC(F)=C(F)c1ccc(-c2ccc(CCC3CCC(C=CC4CCC(c5cc(F)c(F)c(F)c5)CC4)CC3)c(F)c2)cc1. The first-order valence-corrected chi connectivity index (χ1v) is 16.1. The van der Waals surface area contributed by atoms with Crippen LogP contribution in [0.1, 0.15) is 87.3 Å². The molecule has 0 unspecified atom stereocenters. The molecule has 0 aliphatic heterocycles. The molecule has 0 N–H and O–H groups in total. The molecule has 2 fully saturated rings. The molecule has 3 aromatic carbocycles. The zero-order chi connectivity index (χ0) is 31.9. The number of benzene rings is 3. The van der Waals surface area contributed by atoms with Crippen LogP contribution in [0.3, 0.4) is 0 Å². The number of ether oxygens (including phenoxy) is 1. The molecule has 2 aliphatic carbocycles. The summed E-state index contributed by atoms with van der Waals surface area (Å²) in [5, 5.41) is 0. The van der Waals surface area contributed by atoms with Crippen molar-refractivity contribution in [2.45, 2.75) is 77.0 Å². The molecular weight excluding hydrogens is 586 g/mol. The average molecular weight is 627 g/mol. The lowest BCUT2D eigenvalue weighted by Gasteiger charge is -2.29. The normalized spacial score (nSPS) is 22.8. The van der Waals surface area contributed by atoms with E-state index in [1.165, 1.54) is 18.2 Å². The largest absolute Gasteiger partial charge is 0.469 e. The van der Waals surface area contributed by atoms with Gasteiger partial charge in [0.15, 0.2) is 17.5 Å². The van der Waals surface area contributed by atoms with E-state index in [1.807, 2.05) is 12.1 Å². The molecule has 1 nitrogen and oxygen atoms in total. The van der Waals surface area contributed by atoms with Gasteiger partial charge >= 0.3 is 6.01 Å². The maximum absolute atomic E-state index is 15.0. The zero-order valence-corrected chi connectivity index (χ0v) is 25.6. The van der Waals surface area contributed by atoms with Gasteiger partial charge in [0.2, 0.25) is 5.83 Å². The predicted molar refractivity (Wildman–Crippen MR) is 167 cm³/mol. The van der Waals surface area contributed by atoms with Crippen LogP contribution in [0.4, 0.5) is 26.3 Å². The first-order chi connectivity index (χ1) is 21.7. The van der Waals surface area contributed by atoms with E-state index in [1.54, 1.807) is 19.1 Å². The quantitative estimate of drug-likeness (QED) is 0.0942. The van der Waals surface area contributed by atoms with Crippen molar-refractivity contribution in [1.82, 2.24) is 0 Å². The van der Waals surface area contributed by atoms with Gasteiger partial charge in [0.25, 0.3) is 0 Å². The van der Waals surface area contributed by atoms with Crippen molar-refractivity contribution < 1.29 is 31.1 Å². The topological polar surface area (TPSA) is 9.23 Å². The maximum Gasteiger partial charge on any atom is 0.309 e. The van der Waals surface area contributed by atoms with Crippen LogP contribution in [0.25, 0.3) is 17.0 Å². The highest BCUT2D eigenvalue weighted by Crippen LogP contribution is 2.39. The third-order valence-electron chi connectivity index (χ3n) is 9.59. The van der Waals surface area contributed by atoms with Gasteiger partial charge in [-0.15, -0.1) is 0 Å².